The zero-order valence-corrected chi connectivity index (χ0v) is 13.8. The van der Waals surface area contributed by atoms with Gasteiger partial charge in [-0.25, -0.2) is 0 Å². The van der Waals surface area contributed by atoms with Gasteiger partial charge in [0.15, 0.2) is 0 Å². The maximum atomic E-state index is 12.0. The van der Waals surface area contributed by atoms with Crippen LogP contribution in [0, 0.1) is 6.92 Å². The number of nitrogens with one attached hydrogen (secondary N) is 1. The molecule has 0 aliphatic carbocycles. The van der Waals surface area contributed by atoms with Crippen LogP contribution in [0.3, 0.4) is 0 Å². The molecule has 120 valence electrons. The lowest BCUT2D eigenvalue weighted by atomic mass is 10.1. The molecule has 0 unspecified atom stereocenters. The van der Waals surface area contributed by atoms with E-state index in [-0.39, 0.29) is 11.7 Å². The van der Waals surface area contributed by atoms with Gasteiger partial charge in [-0.1, -0.05) is 60.2 Å². The van der Waals surface area contributed by atoms with E-state index in [0.29, 0.717) is 5.56 Å². The van der Waals surface area contributed by atoms with E-state index in [1.807, 2.05) is 25.1 Å². The Morgan fingerprint density at radius 1 is 1.09 bits per heavy atom. The lowest BCUT2D eigenvalue weighted by molar-refractivity contribution is -0.126. The minimum absolute atomic E-state index is 0.199. The van der Waals surface area contributed by atoms with Crippen LogP contribution in [-0.2, 0) is 15.3 Å². The Balaban J connectivity index is 1.85. The molecule has 2 amide bonds. The summed E-state index contributed by atoms with van der Waals surface area (Å²) in [6.07, 6.45) is 0. The van der Waals surface area contributed by atoms with Gasteiger partial charge in [0.05, 0.1) is 5.75 Å². The van der Waals surface area contributed by atoms with Crippen molar-refractivity contribution in [1.82, 2.24) is 5.32 Å². The summed E-state index contributed by atoms with van der Waals surface area (Å²) in [5, 5.41) is 2.69. The molecule has 0 saturated heterocycles. The molecule has 4 nitrogen and oxygen atoms in total. The highest BCUT2D eigenvalue weighted by Gasteiger charge is 2.19. The second kappa shape index (κ2) is 8.39. The fourth-order valence-corrected chi connectivity index (χ4v) is 2.91. The number of hydrogen-bond acceptors (Lipinski definition) is 3. The van der Waals surface area contributed by atoms with Crippen molar-refractivity contribution in [2.75, 3.05) is 5.75 Å². The number of amides is 2. The van der Waals surface area contributed by atoms with Crippen LogP contribution in [0.25, 0.3) is 0 Å². The standard InChI is InChI=1S/C18H20N2O2S/c1-13-7-9-14(10-8-13)11-23-12-16(21)20-17(18(19)22)15-5-3-2-4-6-15/h2-10,17H,11-12H2,1H3,(H2,19,22)(H,20,21)/t17-/m0/s1. The Kier molecular flexibility index (Phi) is 6.23. The van der Waals surface area contributed by atoms with Crippen LogP contribution in [0.1, 0.15) is 22.7 Å². The van der Waals surface area contributed by atoms with E-state index in [2.05, 4.69) is 29.6 Å². The molecule has 0 saturated carbocycles. The van der Waals surface area contributed by atoms with Crippen LogP contribution in [0.2, 0.25) is 0 Å². The number of rotatable bonds is 7. The molecule has 0 aliphatic rings. The first-order chi connectivity index (χ1) is 11.1. The molecule has 0 aromatic heterocycles. The van der Waals surface area contributed by atoms with E-state index < -0.39 is 11.9 Å². The van der Waals surface area contributed by atoms with Crippen LogP contribution in [0.4, 0.5) is 0 Å². The molecule has 3 N–H and O–H groups in total. The van der Waals surface area contributed by atoms with Gasteiger partial charge in [-0.15, -0.1) is 11.8 Å². The van der Waals surface area contributed by atoms with Crippen molar-refractivity contribution < 1.29 is 9.59 Å². The van der Waals surface area contributed by atoms with Crippen molar-refractivity contribution in [2.24, 2.45) is 5.73 Å². The first kappa shape index (κ1) is 17.1. The smallest absolute Gasteiger partial charge is 0.244 e. The Bertz CT molecular complexity index is 656. The van der Waals surface area contributed by atoms with Gasteiger partial charge >= 0.3 is 0 Å². The highest BCUT2D eigenvalue weighted by atomic mass is 32.2. The van der Waals surface area contributed by atoms with Gasteiger partial charge in [0.1, 0.15) is 6.04 Å². The molecular formula is C18H20N2O2S. The fraction of sp³-hybridized carbons (Fsp3) is 0.222. The maximum absolute atomic E-state index is 12.0. The van der Waals surface area contributed by atoms with E-state index >= 15 is 0 Å². The molecule has 23 heavy (non-hydrogen) atoms. The van der Waals surface area contributed by atoms with Gasteiger partial charge < -0.3 is 11.1 Å². The Morgan fingerprint density at radius 3 is 2.35 bits per heavy atom. The number of hydrogen-bond donors (Lipinski definition) is 2. The summed E-state index contributed by atoms with van der Waals surface area (Å²) >= 11 is 1.51. The topological polar surface area (TPSA) is 72.2 Å². The molecule has 0 heterocycles. The molecular weight excluding hydrogens is 308 g/mol. The summed E-state index contributed by atoms with van der Waals surface area (Å²) < 4.78 is 0. The Hall–Kier alpha value is -2.27. The number of thioether (sulfide) groups is 1. The van der Waals surface area contributed by atoms with Crippen LogP contribution in [0.5, 0.6) is 0 Å². The first-order valence-electron chi connectivity index (χ1n) is 7.33. The summed E-state index contributed by atoms with van der Waals surface area (Å²) in [4.78, 5) is 23.6. The van der Waals surface area contributed by atoms with Crippen LogP contribution in [0.15, 0.2) is 54.6 Å². The lowest BCUT2D eigenvalue weighted by Crippen LogP contribution is -2.38. The Morgan fingerprint density at radius 2 is 1.74 bits per heavy atom. The minimum Gasteiger partial charge on any atom is -0.368 e. The van der Waals surface area contributed by atoms with Crippen molar-refractivity contribution >= 4 is 23.6 Å². The third-order valence-corrected chi connectivity index (χ3v) is 4.35. The quantitative estimate of drug-likeness (QED) is 0.820. The van der Waals surface area contributed by atoms with Gasteiger partial charge in [-0.05, 0) is 18.1 Å². The van der Waals surface area contributed by atoms with Gasteiger partial charge in [0.25, 0.3) is 0 Å². The predicted molar refractivity (Wildman–Crippen MR) is 93.9 cm³/mol. The number of primary amides is 1. The summed E-state index contributed by atoms with van der Waals surface area (Å²) in [6, 6.07) is 16.4. The molecule has 0 radical (unpaired) electrons. The molecule has 2 aromatic rings. The number of nitrogens with two attached hydrogens (primary N) is 1. The fourth-order valence-electron chi connectivity index (χ4n) is 2.11. The average Bonchev–Trinajstić information content (AvgIpc) is 2.55. The number of benzene rings is 2. The number of carbonyl (C=O) groups excluding carboxylic acids is 2. The third kappa shape index (κ3) is 5.45. The SMILES string of the molecule is Cc1ccc(CSCC(=O)N[C@H](C(N)=O)c2ccccc2)cc1. The first-order valence-corrected chi connectivity index (χ1v) is 8.48. The second-order valence-electron chi connectivity index (χ2n) is 5.29. The molecule has 2 aromatic carbocycles. The average molecular weight is 328 g/mol. The molecule has 0 fully saturated rings. The summed E-state index contributed by atoms with van der Waals surface area (Å²) in [5.41, 5.74) is 8.46. The van der Waals surface area contributed by atoms with Gasteiger partial charge in [-0.3, -0.25) is 9.59 Å². The highest BCUT2D eigenvalue weighted by molar-refractivity contribution is 7.99. The van der Waals surface area contributed by atoms with Gasteiger partial charge in [0.2, 0.25) is 11.8 Å². The van der Waals surface area contributed by atoms with Crippen LogP contribution < -0.4 is 11.1 Å². The van der Waals surface area contributed by atoms with Crippen LogP contribution >= 0.6 is 11.8 Å². The van der Waals surface area contributed by atoms with E-state index in [9.17, 15) is 9.59 Å². The molecule has 0 bridgehead atoms. The van der Waals surface area contributed by atoms with Gasteiger partial charge in [-0.2, -0.15) is 0 Å². The van der Waals surface area contributed by atoms with Crippen molar-refractivity contribution in [1.29, 1.82) is 0 Å². The summed E-state index contributed by atoms with van der Waals surface area (Å²) in [7, 11) is 0. The zero-order valence-electron chi connectivity index (χ0n) is 13.0. The normalized spacial score (nSPS) is 11.7. The summed E-state index contributed by atoms with van der Waals surface area (Å²) in [6.45, 7) is 2.04. The largest absolute Gasteiger partial charge is 0.368 e. The second-order valence-corrected chi connectivity index (χ2v) is 6.28. The molecule has 5 heteroatoms. The summed E-state index contributed by atoms with van der Waals surface area (Å²) in [5.74, 6) is 0.271. The van der Waals surface area contributed by atoms with Crippen molar-refractivity contribution in [3.8, 4) is 0 Å². The van der Waals surface area contributed by atoms with Crippen LogP contribution in [-0.4, -0.2) is 17.6 Å². The lowest BCUT2D eigenvalue weighted by Gasteiger charge is -2.15. The number of carbonyl (C=O) groups is 2. The predicted octanol–water partition coefficient (Wildman–Crippen LogP) is 2.57. The molecule has 0 aliphatic heterocycles. The van der Waals surface area contributed by atoms with Crippen molar-refractivity contribution in [2.45, 2.75) is 18.7 Å². The van der Waals surface area contributed by atoms with E-state index in [1.165, 1.54) is 22.9 Å². The zero-order chi connectivity index (χ0) is 16.7. The van der Waals surface area contributed by atoms with Gasteiger partial charge in [0, 0.05) is 5.75 Å². The monoisotopic (exact) mass is 328 g/mol. The molecule has 1 atom stereocenters. The number of aryl methyl sites for hydroxylation is 1. The van der Waals surface area contributed by atoms with Crippen molar-refractivity contribution in [3.05, 3.63) is 71.3 Å². The van der Waals surface area contributed by atoms with E-state index in [0.717, 1.165) is 5.75 Å². The third-order valence-electron chi connectivity index (χ3n) is 3.35. The van der Waals surface area contributed by atoms with E-state index in [1.54, 1.807) is 12.1 Å². The minimum atomic E-state index is -0.788. The Labute approximate surface area is 140 Å². The maximum Gasteiger partial charge on any atom is 0.244 e. The molecule has 2 rings (SSSR count). The highest BCUT2D eigenvalue weighted by Crippen LogP contribution is 2.15. The molecule has 0 spiro atoms. The van der Waals surface area contributed by atoms with E-state index in [4.69, 9.17) is 5.73 Å². The van der Waals surface area contributed by atoms with Crippen molar-refractivity contribution in [3.63, 3.8) is 0 Å².